The highest BCUT2D eigenvalue weighted by Gasteiger charge is 2.30. The Bertz CT molecular complexity index is 315. The number of carboxylic acid groups (broad SMARTS) is 1. The van der Waals surface area contributed by atoms with Gasteiger partial charge >= 0.3 is 12.0 Å². The van der Waals surface area contributed by atoms with Crippen LogP contribution in [-0.2, 0) is 4.79 Å². The lowest BCUT2D eigenvalue weighted by Crippen LogP contribution is -2.51. The fourth-order valence-electron chi connectivity index (χ4n) is 2.17. The third-order valence-electron chi connectivity index (χ3n) is 3.62. The van der Waals surface area contributed by atoms with Crippen molar-refractivity contribution in [1.82, 2.24) is 10.2 Å². The standard InChI is InChI=1S/C13H24N2O3/c1-4-10-7-5-6-8-15(10)12(18)14-9-13(2,3)11(16)17/h10H,4-9H2,1-3H3,(H,14,18)(H,16,17). The third kappa shape index (κ3) is 3.62. The zero-order valence-electron chi connectivity index (χ0n) is 11.5. The number of carbonyl (C=O) groups excluding carboxylic acids is 1. The number of rotatable bonds is 4. The molecule has 1 aliphatic rings. The number of carbonyl (C=O) groups is 2. The molecule has 18 heavy (non-hydrogen) atoms. The Morgan fingerprint density at radius 3 is 2.61 bits per heavy atom. The number of carboxylic acids is 1. The van der Waals surface area contributed by atoms with Gasteiger partial charge in [0, 0.05) is 19.1 Å². The summed E-state index contributed by atoms with van der Waals surface area (Å²) in [5.41, 5.74) is -0.923. The quantitative estimate of drug-likeness (QED) is 0.809. The molecule has 1 unspecified atom stereocenters. The monoisotopic (exact) mass is 256 g/mol. The Balaban J connectivity index is 2.51. The number of hydrogen-bond acceptors (Lipinski definition) is 2. The number of amides is 2. The molecular formula is C13H24N2O3. The first-order valence-corrected chi connectivity index (χ1v) is 6.66. The lowest BCUT2D eigenvalue weighted by molar-refractivity contribution is -0.146. The van der Waals surface area contributed by atoms with Gasteiger partial charge in [-0.2, -0.15) is 0 Å². The Labute approximate surface area is 109 Å². The van der Waals surface area contributed by atoms with E-state index in [-0.39, 0.29) is 12.6 Å². The Morgan fingerprint density at radius 1 is 1.39 bits per heavy atom. The first-order valence-electron chi connectivity index (χ1n) is 6.66. The number of aliphatic carboxylic acids is 1. The molecule has 0 bridgehead atoms. The van der Waals surface area contributed by atoms with Gasteiger partial charge in [0.2, 0.25) is 0 Å². The van der Waals surface area contributed by atoms with Crippen LogP contribution in [0.15, 0.2) is 0 Å². The van der Waals surface area contributed by atoms with Crippen molar-refractivity contribution < 1.29 is 14.7 Å². The van der Waals surface area contributed by atoms with Crippen LogP contribution in [-0.4, -0.2) is 41.1 Å². The van der Waals surface area contributed by atoms with E-state index in [0.717, 1.165) is 25.8 Å². The van der Waals surface area contributed by atoms with Crippen molar-refractivity contribution in [2.75, 3.05) is 13.1 Å². The summed E-state index contributed by atoms with van der Waals surface area (Å²) in [7, 11) is 0. The highest BCUT2D eigenvalue weighted by molar-refractivity contribution is 5.77. The maximum atomic E-state index is 12.1. The largest absolute Gasteiger partial charge is 0.481 e. The van der Waals surface area contributed by atoms with Gasteiger partial charge in [-0.3, -0.25) is 4.79 Å². The maximum Gasteiger partial charge on any atom is 0.317 e. The van der Waals surface area contributed by atoms with Crippen LogP contribution >= 0.6 is 0 Å². The van der Waals surface area contributed by atoms with Gasteiger partial charge in [0.05, 0.1) is 5.41 Å². The predicted octanol–water partition coefficient (Wildman–Crippen LogP) is 2.07. The minimum absolute atomic E-state index is 0.129. The smallest absolute Gasteiger partial charge is 0.317 e. The summed E-state index contributed by atoms with van der Waals surface area (Å²) in [4.78, 5) is 24.9. The number of piperidine rings is 1. The van der Waals surface area contributed by atoms with Gasteiger partial charge in [-0.05, 0) is 39.5 Å². The molecule has 0 aromatic heterocycles. The van der Waals surface area contributed by atoms with Crippen molar-refractivity contribution in [3.8, 4) is 0 Å². The fourth-order valence-corrected chi connectivity index (χ4v) is 2.17. The van der Waals surface area contributed by atoms with Crippen LogP contribution in [0.3, 0.4) is 0 Å². The molecule has 0 radical (unpaired) electrons. The molecule has 0 aromatic carbocycles. The van der Waals surface area contributed by atoms with Crippen LogP contribution in [0.25, 0.3) is 0 Å². The van der Waals surface area contributed by atoms with Crippen molar-refractivity contribution >= 4 is 12.0 Å². The van der Waals surface area contributed by atoms with Crippen LogP contribution in [0, 0.1) is 5.41 Å². The lowest BCUT2D eigenvalue weighted by atomic mass is 9.94. The van der Waals surface area contributed by atoms with E-state index >= 15 is 0 Å². The summed E-state index contributed by atoms with van der Waals surface area (Å²) in [6.45, 7) is 6.25. The number of hydrogen-bond donors (Lipinski definition) is 2. The van der Waals surface area contributed by atoms with Gasteiger partial charge in [0.15, 0.2) is 0 Å². The molecule has 0 aliphatic carbocycles. The van der Waals surface area contributed by atoms with E-state index in [1.54, 1.807) is 13.8 Å². The summed E-state index contributed by atoms with van der Waals surface area (Å²) in [6.07, 6.45) is 4.21. The van der Waals surface area contributed by atoms with Crippen molar-refractivity contribution in [3.05, 3.63) is 0 Å². The Hall–Kier alpha value is -1.26. The molecule has 5 nitrogen and oxygen atoms in total. The average Bonchev–Trinajstić information content (AvgIpc) is 2.35. The van der Waals surface area contributed by atoms with E-state index in [1.165, 1.54) is 6.42 Å². The van der Waals surface area contributed by atoms with E-state index in [4.69, 9.17) is 5.11 Å². The fraction of sp³-hybridized carbons (Fsp3) is 0.846. The van der Waals surface area contributed by atoms with Gasteiger partial charge in [-0.15, -0.1) is 0 Å². The van der Waals surface area contributed by atoms with E-state index < -0.39 is 11.4 Å². The number of likely N-dealkylation sites (tertiary alicyclic amines) is 1. The molecule has 2 N–H and O–H groups in total. The van der Waals surface area contributed by atoms with Crippen molar-refractivity contribution in [2.24, 2.45) is 5.41 Å². The number of nitrogens with one attached hydrogen (secondary N) is 1. The topological polar surface area (TPSA) is 69.6 Å². The van der Waals surface area contributed by atoms with E-state index in [1.807, 2.05) is 4.90 Å². The SMILES string of the molecule is CCC1CCCCN1C(=O)NCC(C)(C)C(=O)O. The van der Waals surface area contributed by atoms with Gasteiger partial charge in [-0.25, -0.2) is 4.79 Å². The van der Waals surface area contributed by atoms with E-state index in [2.05, 4.69) is 12.2 Å². The normalized spacial score (nSPS) is 20.6. The highest BCUT2D eigenvalue weighted by atomic mass is 16.4. The second-order valence-electron chi connectivity index (χ2n) is 5.60. The molecule has 1 aliphatic heterocycles. The third-order valence-corrected chi connectivity index (χ3v) is 3.62. The maximum absolute atomic E-state index is 12.1. The van der Waals surface area contributed by atoms with Crippen LogP contribution < -0.4 is 5.32 Å². The molecule has 104 valence electrons. The van der Waals surface area contributed by atoms with E-state index in [0.29, 0.717) is 6.04 Å². The van der Waals surface area contributed by atoms with Gasteiger partial charge in [-0.1, -0.05) is 6.92 Å². The van der Waals surface area contributed by atoms with Gasteiger partial charge in [0.1, 0.15) is 0 Å². The predicted molar refractivity (Wildman–Crippen MR) is 69.5 cm³/mol. The second-order valence-corrected chi connectivity index (χ2v) is 5.60. The van der Waals surface area contributed by atoms with Crippen LogP contribution in [0.2, 0.25) is 0 Å². The molecule has 1 rings (SSSR count). The molecule has 5 heteroatoms. The molecule has 1 heterocycles. The molecule has 1 atom stereocenters. The van der Waals surface area contributed by atoms with Gasteiger partial charge in [0.25, 0.3) is 0 Å². The highest BCUT2D eigenvalue weighted by Crippen LogP contribution is 2.20. The molecule has 0 aromatic rings. The first kappa shape index (κ1) is 14.8. The van der Waals surface area contributed by atoms with Crippen molar-refractivity contribution in [1.29, 1.82) is 0 Å². The van der Waals surface area contributed by atoms with Crippen molar-refractivity contribution in [2.45, 2.75) is 52.5 Å². The minimum atomic E-state index is -0.923. The summed E-state index contributed by atoms with van der Waals surface area (Å²) in [5, 5.41) is 11.7. The second kappa shape index (κ2) is 6.07. The minimum Gasteiger partial charge on any atom is -0.481 e. The summed E-state index contributed by atoms with van der Waals surface area (Å²) >= 11 is 0. The average molecular weight is 256 g/mol. The number of urea groups is 1. The molecule has 1 fully saturated rings. The molecule has 0 spiro atoms. The van der Waals surface area contributed by atoms with Crippen LogP contribution in [0.5, 0.6) is 0 Å². The molecule has 2 amide bonds. The summed E-state index contributed by atoms with van der Waals surface area (Å²) in [6, 6.07) is 0.169. The zero-order chi connectivity index (χ0) is 13.8. The lowest BCUT2D eigenvalue weighted by Gasteiger charge is -2.35. The Kier molecular flexibility index (Phi) is 4.99. The van der Waals surface area contributed by atoms with E-state index in [9.17, 15) is 9.59 Å². The van der Waals surface area contributed by atoms with Crippen molar-refractivity contribution in [3.63, 3.8) is 0 Å². The van der Waals surface area contributed by atoms with Crippen LogP contribution in [0.4, 0.5) is 4.79 Å². The first-order chi connectivity index (χ1) is 8.38. The van der Waals surface area contributed by atoms with Crippen LogP contribution in [0.1, 0.15) is 46.5 Å². The molecular weight excluding hydrogens is 232 g/mol. The number of nitrogens with zero attached hydrogens (tertiary/aromatic N) is 1. The summed E-state index contributed by atoms with van der Waals surface area (Å²) in [5.74, 6) is -0.895. The molecule has 1 saturated heterocycles. The molecule has 0 saturated carbocycles. The Morgan fingerprint density at radius 2 is 2.06 bits per heavy atom. The van der Waals surface area contributed by atoms with Gasteiger partial charge < -0.3 is 15.3 Å². The summed E-state index contributed by atoms with van der Waals surface area (Å²) < 4.78 is 0. The zero-order valence-corrected chi connectivity index (χ0v) is 11.5.